The predicted molar refractivity (Wildman–Crippen MR) is 101 cm³/mol. The highest BCUT2D eigenvalue weighted by Crippen LogP contribution is 2.28. The van der Waals surface area contributed by atoms with Crippen molar-refractivity contribution in [3.63, 3.8) is 0 Å². The number of carbonyl (C=O) groups is 2. The van der Waals surface area contributed by atoms with E-state index in [1.54, 1.807) is 19.1 Å². The van der Waals surface area contributed by atoms with Gasteiger partial charge in [-0.15, -0.1) is 0 Å². The largest absolute Gasteiger partial charge is 0.459 e. The number of furan rings is 1. The number of nitrogens with zero attached hydrogens (tertiary/aromatic N) is 1. The maximum absolute atomic E-state index is 14.1. The van der Waals surface area contributed by atoms with E-state index < -0.39 is 29.9 Å². The Hall–Kier alpha value is -2.38. The molecule has 3 atom stereocenters. The SMILES string of the molecule is C[C@H](NC(=O)[C@@H]1CCCCN1C(=O)c1ccco1)[C@H](O)c1c(F)cccc1Cl. The van der Waals surface area contributed by atoms with Crippen LogP contribution in [0.2, 0.25) is 5.02 Å². The van der Waals surface area contributed by atoms with E-state index in [2.05, 4.69) is 5.32 Å². The standard InChI is InChI=1S/C20H22ClFN2O4/c1-12(18(25)17-13(21)6-4-7-14(17)22)23-19(26)15-8-2-3-10-24(15)20(27)16-9-5-11-28-16/h4-7,9,11-12,15,18,25H,2-3,8,10H2,1H3,(H,23,26)/t12-,15-,18-/m0/s1. The number of halogens is 2. The van der Waals surface area contributed by atoms with E-state index in [1.807, 2.05) is 0 Å². The number of carbonyl (C=O) groups excluding carboxylic acids is 2. The van der Waals surface area contributed by atoms with Crippen molar-refractivity contribution in [3.8, 4) is 0 Å². The number of aliphatic hydroxyl groups is 1. The molecule has 2 N–H and O–H groups in total. The Balaban J connectivity index is 1.72. The number of benzene rings is 1. The van der Waals surface area contributed by atoms with E-state index in [1.165, 1.54) is 29.4 Å². The molecule has 0 saturated carbocycles. The number of nitrogens with one attached hydrogen (secondary N) is 1. The summed E-state index contributed by atoms with van der Waals surface area (Å²) in [5.41, 5.74) is -0.0656. The van der Waals surface area contributed by atoms with E-state index in [-0.39, 0.29) is 22.3 Å². The molecule has 0 aliphatic carbocycles. The molecule has 0 radical (unpaired) electrons. The highest BCUT2D eigenvalue weighted by Gasteiger charge is 2.35. The molecule has 8 heteroatoms. The highest BCUT2D eigenvalue weighted by molar-refractivity contribution is 6.31. The Morgan fingerprint density at radius 1 is 1.32 bits per heavy atom. The van der Waals surface area contributed by atoms with Gasteiger partial charge in [0.05, 0.1) is 12.3 Å². The van der Waals surface area contributed by atoms with Gasteiger partial charge < -0.3 is 19.7 Å². The fourth-order valence-electron chi connectivity index (χ4n) is 3.43. The maximum Gasteiger partial charge on any atom is 0.290 e. The van der Waals surface area contributed by atoms with Gasteiger partial charge in [0.25, 0.3) is 5.91 Å². The first-order valence-corrected chi connectivity index (χ1v) is 9.54. The Labute approximate surface area is 167 Å². The third-order valence-electron chi connectivity index (χ3n) is 4.94. The number of hydrogen-bond acceptors (Lipinski definition) is 4. The normalized spacial score (nSPS) is 19.1. The van der Waals surface area contributed by atoms with Crippen LogP contribution < -0.4 is 5.32 Å². The van der Waals surface area contributed by atoms with Crippen molar-refractivity contribution in [2.45, 2.75) is 44.4 Å². The van der Waals surface area contributed by atoms with Gasteiger partial charge >= 0.3 is 0 Å². The van der Waals surface area contributed by atoms with E-state index in [9.17, 15) is 19.1 Å². The number of aliphatic hydroxyl groups excluding tert-OH is 1. The Morgan fingerprint density at radius 2 is 2.11 bits per heavy atom. The number of piperidine rings is 1. The topological polar surface area (TPSA) is 82.8 Å². The molecule has 0 spiro atoms. The zero-order chi connectivity index (χ0) is 20.3. The van der Waals surface area contributed by atoms with Gasteiger partial charge in [0.2, 0.25) is 5.91 Å². The molecule has 0 bridgehead atoms. The molecule has 150 valence electrons. The zero-order valence-corrected chi connectivity index (χ0v) is 16.2. The van der Waals surface area contributed by atoms with Gasteiger partial charge in [-0.05, 0) is 50.5 Å². The van der Waals surface area contributed by atoms with Gasteiger partial charge in [0, 0.05) is 17.1 Å². The third-order valence-corrected chi connectivity index (χ3v) is 5.27. The Bertz CT molecular complexity index is 822. The molecule has 1 aromatic heterocycles. The van der Waals surface area contributed by atoms with Crippen molar-refractivity contribution in [2.24, 2.45) is 0 Å². The second-order valence-electron chi connectivity index (χ2n) is 6.86. The summed E-state index contributed by atoms with van der Waals surface area (Å²) < 4.78 is 19.2. The van der Waals surface area contributed by atoms with Gasteiger partial charge in [-0.25, -0.2) is 4.39 Å². The van der Waals surface area contributed by atoms with E-state index in [4.69, 9.17) is 16.0 Å². The van der Waals surface area contributed by atoms with Gasteiger partial charge in [0.15, 0.2) is 5.76 Å². The van der Waals surface area contributed by atoms with Crippen molar-refractivity contribution in [1.29, 1.82) is 0 Å². The minimum Gasteiger partial charge on any atom is -0.459 e. The quantitative estimate of drug-likeness (QED) is 0.795. The molecule has 1 aromatic carbocycles. The predicted octanol–water partition coefficient (Wildman–Crippen LogP) is 3.31. The van der Waals surface area contributed by atoms with Crippen LogP contribution in [-0.2, 0) is 4.79 Å². The summed E-state index contributed by atoms with van der Waals surface area (Å²) >= 11 is 6.00. The summed E-state index contributed by atoms with van der Waals surface area (Å²) in [6.45, 7) is 2.00. The summed E-state index contributed by atoms with van der Waals surface area (Å²) in [5, 5.41) is 13.3. The van der Waals surface area contributed by atoms with E-state index in [0.717, 1.165) is 12.8 Å². The van der Waals surface area contributed by atoms with Crippen LogP contribution in [0.15, 0.2) is 41.0 Å². The lowest BCUT2D eigenvalue weighted by atomic mass is 9.99. The Morgan fingerprint density at radius 3 is 2.79 bits per heavy atom. The molecule has 1 aliphatic heterocycles. The van der Waals surface area contributed by atoms with Gasteiger partial charge in [-0.1, -0.05) is 17.7 Å². The van der Waals surface area contributed by atoms with Crippen LogP contribution in [0.4, 0.5) is 4.39 Å². The number of amides is 2. The second kappa shape index (κ2) is 8.75. The van der Waals surface area contributed by atoms with Gasteiger partial charge in [-0.3, -0.25) is 9.59 Å². The number of likely N-dealkylation sites (tertiary alicyclic amines) is 1. The van der Waals surface area contributed by atoms with Crippen LogP contribution in [0.3, 0.4) is 0 Å². The summed E-state index contributed by atoms with van der Waals surface area (Å²) in [6.07, 6.45) is 2.18. The summed E-state index contributed by atoms with van der Waals surface area (Å²) in [7, 11) is 0. The molecule has 2 aromatic rings. The van der Waals surface area contributed by atoms with E-state index in [0.29, 0.717) is 13.0 Å². The molecule has 2 heterocycles. The lowest BCUT2D eigenvalue weighted by Crippen LogP contribution is -2.54. The minimum absolute atomic E-state index is 0.0656. The Kier molecular flexibility index (Phi) is 6.36. The molecular formula is C20H22ClFN2O4. The zero-order valence-electron chi connectivity index (χ0n) is 15.4. The number of rotatable bonds is 5. The van der Waals surface area contributed by atoms with Gasteiger partial charge in [-0.2, -0.15) is 0 Å². The molecule has 2 amide bonds. The second-order valence-corrected chi connectivity index (χ2v) is 7.27. The molecule has 3 rings (SSSR count). The fraction of sp³-hybridized carbons (Fsp3) is 0.400. The van der Waals surface area contributed by atoms with Crippen molar-refractivity contribution in [2.75, 3.05) is 6.54 Å². The van der Waals surface area contributed by atoms with Crippen molar-refractivity contribution >= 4 is 23.4 Å². The molecule has 1 aliphatic rings. The van der Waals surface area contributed by atoms with Crippen LogP contribution in [-0.4, -0.2) is 40.4 Å². The monoisotopic (exact) mass is 408 g/mol. The van der Waals surface area contributed by atoms with Crippen molar-refractivity contribution in [1.82, 2.24) is 10.2 Å². The third kappa shape index (κ3) is 4.20. The first kappa shape index (κ1) is 20.4. The van der Waals surface area contributed by atoms with Crippen LogP contribution >= 0.6 is 11.6 Å². The van der Waals surface area contributed by atoms with Crippen molar-refractivity contribution in [3.05, 3.63) is 58.8 Å². The van der Waals surface area contributed by atoms with Crippen molar-refractivity contribution < 1.29 is 23.5 Å². The summed E-state index contributed by atoms with van der Waals surface area (Å²) in [4.78, 5) is 26.9. The molecule has 0 unspecified atom stereocenters. The average molecular weight is 409 g/mol. The highest BCUT2D eigenvalue weighted by atomic mass is 35.5. The number of hydrogen-bond donors (Lipinski definition) is 2. The first-order chi connectivity index (χ1) is 13.4. The minimum atomic E-state index is -1.32. The molecule has 1 saturated heterocycles. The van der Waals surface area contributed by atoms with Gasteiger partial charge in [0.1, 0.15) is 18.0 Å². The molecule has 28 heavy (non-hydrogen) atoms. The molecular weight excluding hydrogens is 387 g/mol. The fourth-order valence-corrected chi connectivity index (χ4v) is 3.71. The average Bonchev–Trinajstić information content (AvgIpc) is 3.22. The summed E-state index contributed by atoms with van der Waals surface area (Å²) in [5.74, 6) is -1.23. The van der Waals surface area contributed by atoms with Crippen LogP contribution in [0, 0.1) is 5.82 Å². The molecule has 6 nitrogen and oxygen atoms in total. The first-order valence-electron chi connectivity index (χ1n) is 9.17. The molecule has 1 fully saturated rings. The maximum atomic E-state index is 14.1. The van der Waals surface area contributed by atoms with Crippen LogP contribution in [0.25, 0.3) is 0 Å². The van der Waals surface area contributed by atoms with E-state index >= 15 is 0 Å². The smallest absolute Gasteiger partial charge is 0.290 e. The lowest BCUT2D eigenvalue weighted by molar-refractivity contribution is -0.128. The van der Waals surface area contributed by atoms with Crippen LogP contribution in [0.5, 0.6) is 0 Å². The van der Waals surface area contributed by atoms with Crippen LogP contribution in [0.1, 0.15) is 48.4 Å². The summed E-state index contributed by atoms with van der Waals surface area (Å²) in [6, 6.07) is 5.80. The lowest BCUT2D eigenvalue weighted by Gasteiger charge is -2.35.